The molecule has 0 aliphatic heterocycles. The van der Waals surface area contributed by atoms with Gasteiger partial charge >= 0.3 is 13.8 Å². The zero-order chi connectivity index (χ0) is 57.2. The number of phosphoric ester groups is 1. The number of likely N-dealkylation sites (N-methyl/N-ethyl adjacent to an activating group) is 1. The van der Waals surface area contributed by atoms with Gasteiger partial charge in [0.25, 0.3) is 0 Å². The minimum Gasteiger partial charge on any atom is -0.456 e. The van der Waals surface area contributed by atoms with E-state index in [1.807, 2.05) is 33.3 Å². The van der Waals surface area contributed by atoms with E-state index in [1.165, 1.54) is 193 Å². The highest BCUT2D eigenvalue weighted by Gasteiger charge is 2.30. The van der Waals surface area contributed by atoms with Crippen LogP contribution in [-0.4, -0.2) is 74.3 Å². The average Bonchev–Trinajstić information content (AvgIpc) is 3.40. The van der Waals surface area contributed by atoms with E-state index in [1.54, 1.807) is 0 Å². The Morgan fingerprint density at radius 3 is 1.21 bits per heavy atom. The number of esters is 1. The van der Waals surface area contributed by atoms with E-state index in [-0.39, 0.29) is 31.5 Å². The van der Waals surface area contributed by atoms with Gasteiger partial charge in [-0.3, -0.25) is 18.6 Å². The van der Waals surface area contributed by atoms with Gasteiger partial charge in [-0.1, -0.05) is 281 Å². The molecule has 3 unspecified atom stereocenters. The van der Waals surface area contributed by atoms with Crippen LogP contribution in [0.25, 0.3) is 0 Å². The number of unbranched alkanes of at least 4 members (excludes halogenated alkanes) is 36. The minimum absolute atomic E-state index is 0.0338. The van der Waals surface area contributed by atoms with Crippen molar-refractivity contribution < 1.29 is 37.3 Å². The first kappa shape index (κ1) is 75.7. The van der Waals surface area contributed by atoms with Crippen molar-refractivity contribution >= 4 is 19.7 Å². The fourth-order valence-corrected chi connectivity index (χ4v) is 10.3. The molecular formula is C68H128N2O7P+. The molecule has 0 aromatic carbocycles. The molecule has 0 heterocycles. The van der Waals surface area contributed by atoms with E-state index in [0.29, 0.717) is 23.9 Å². The van der Waals surface area contributed by atoms with E-state index >= 15 is 0 Å². The quantitative estimate of drug-likeness (QED) is 0.0205. The standard InChI is InChI=1S/C68H127N2O7P/c1-7-10-13-16-19-22-25-28-30-32-34-35-37-39-41-43-46-49-52-55-58-61-68(72)77-66(59-56-53-50-47-44-27-24-21-18-15-12-9-3)65(64-76-78(73,74)75-63-62-70(4,5)6)69-67(71)60-57-54-51-48-45-42-40-38-36-33-31-29-26-23-20-17-14-11-8-2/h20,23,29,31,36,38,42,45,56,59,65-66H,7-19,21-22,24-28,30,32-35,37,39-41,43-44,46-55,57-58,60-64H2,1-6H3,(H-,69,71,73,74)/p+1/b23-20-,31-29-,38-36-,45-42-,59-56+. The Bertz CT molecular complexity index is 1520. The third-order valence-electron chi connectivity index (χ3n) is 14.7. The molecule has 0 radical (unpaired) electrons. The van der Waals surface area contributed by atoms with Crippen LogP contribution in [0.3, 0.4) is 0 Å². The average molecular weight is 1120 g/mol. The number of allylic oxidation sites excluding steroid dienone is 9. The Morgan fingerprint density at radius 2 is 0.782 bits per heavy atom. The molecule has 2 N–H and O–H groups in total. The summed E-state index contributed by atoms with van der Waals surface area (Å²) >= 11 is 0. The Hall–Kier alpha value is -2.29. The van der Waals surface area contributed by atoms with Crippen molar-refractivity contribution in [2.75, 3.05) is 40.9 Å². The molecule has 0 aliphatic rings. The molecule has 456 valence electrons. The largest absolute Gasteiger partial charge is 0.472 e. The van der Waals surface area contributed by atoms with Crippen LogP contribution < -0.4 is 5.32 Å². The summed E-state index contributed by atoms with van der Waals surface area (Å²) in [4.78, 5) is 37.8. The molecule has 0 spiro atoms. The smallest absolute Gasteiger partial charge is 0.456 e. The maximum absolute atomic E-state index is 13.6. The Labute approximate surface area is 483 Å². The van der Waals surface area contributed by atoms with E-state index < -0.39 is 20.0 Å². The molecule has 0 saturated heterocycles. The lowest BCUT2D eigenvalue weighted by Crippen LogP contribution is -2.47. The van der Waals surface area contributed by atoms with Crippen LogP contribution in [0.2, 0.25) is 0 Å². The third kappa shape index (κ3) is 58.4. The molecule has 0 fully saturated rings. The van der Waals surface area contributed by atoms with Gasteiger partial charge in [-0.25, -0.2) is 4.57 Å². The number of carbonyl (C=O) groups is 2. The van der Waals surface area contributed by atoms with E-state index in [0.717, 1.165) is 77.0 Å². The fraction of sp³-hybridized carbons (Fsp3) is 0.824. The SMILES string of the molecule is CCCCC/C=C\C/C=C\C/C=C\C/C=C\CCCCCC(=O)NC(COP(=O)(O)OCC[N+](C)(C)C)C(/C=C/CCCCCCCCCCCC)OC(=O)CCCCCCCCCCCCCCCCCCCCCCC. The highest BCUT2D eigenvalue weighted by Crippen LogP contribution is 2.43. The lowest BCUT2D eigenvalue weighted by Gasteiger charge is -2.27. The number of amides is 1. The van der Waals surface area contributed by atoms with E-state index in [4.69, 9.17) is 13.8 Å². The maximum Gasteiger partial charge on any atom is 0.472 e. The fourth-order valence-electron chi connectivity index (χ4n) is 9.57. The van der Waals surface area contributed by atoms with Gasteiger partial charge in [0.2, 0.25) is 5.91 Å². The van der Waals surface area contributed by atoms with Crippen LogP contribution in [-0.2, 0) is 27.9 Å². The van der Waals surface area contributed by atoms with Gasteiger partial charge < -0.3 is 19.4 Å². The molecule has 0 saturated carbocycles. The molecule has 10 heteroatoms. The maximum atomic E-state index is 13.6. The molecule has 0 aromatic rings. The predicted octanol–water partition coefficient (Wildman–Crippen LogP) is 20.6. The van der Waals surface area contributed by atoms with Crippen molar-refractivity contribution in [1.29, 1.82) is 0 Å². The summed E-state index contributed by atoms with van der Waals surface area (Å²) in [7, 11) is 1.48. The molecule has 0 aromatic heterocycles. The van der Waals surface area contributed by atoms with Crippen LogP contribution in [0.15, 0.2) is 60.8 Å². The van der Waals surface area contributed by atoms with Crippen molar-refractivity contribution in [3.05, 3.63) is 60.8 Å². The van der Waals surface area contributed by atoms with Gasteiger partial charge in [0.1, 0.15) is 19.3 Å². The van der Waals surface area contributed by atoms with Crippen molar-refractivity contribution in [2.24, 2.45) is 0 Å². The Balaban J connectivity index is 5.21. The van der Waals surface area contributed by atoms with Gasteiger partial charge in [-0.15, -0.1) is 0 Å². The number of nitrogens with zero attached hydrogens (tertiary/aromatic N) is 1. The van der Waals surface area contributed by atoms with Crippen LogP contribution >= 0.6 is 7.82 Å². The summed E-state index contributed by atoms with van der Waals surface area (Å²) in [6, 6.07) is -0.865. The van der Waals surface area contributed by atoms with Crippen molar-refractivity contribution in [1.82, 2.24) is 5.32 Å². The van der Waals surface area contributed by atoms with Crippen LogP contribution in [0.5, 0.6) is 0 Å². The van der Waals surface area contributed by atoms with Gasteiger partial charge in [0.05, 0.1) is 33.8 Å². The Morgan fingerprint density at radius 1 is 0.449 bits per heavy atom. The number of nitrogens with one attached hydrogen (secondary N) is 1. The summed E-state index contributed by atoms with van der Waals surface area (Å²) in [6.45, 7) is 6.99. The summed E-state index contributed by atoms with van der Waals surface area (Å²) in [5.41, 5.74) is 0. The van der Waals surface area contributed by atoms with E-state index in [9.17, 15) is 19.0 Å². The van der Waals surface area contributed by atoms with Gasteiger partial charge in [0.15, 0.2) is 0 Å². The zero-order valence-corrected chi connectivity index (χ0v) is 53.1. The number of rotatable bonds is 60. The normalized spacial score (nSPS) is 14.0. The summed E-state index contributed by atoms with van der Waals surface area (Å²) in [5.74, 6) is -0.530. The van der Waals surface area contributed by atoms with Gasteiger partial charge in [0, 0.05) is 12.8 Å². The van der Waals surface area contributed by atoms with E-state index in [2.05, 4.69) is 74.7 Å². The van der Waals surface area contributed by atoms with Crippen LogP contribution in [0, 0.1) is 0 Å². The van der Waals surface area contributed by atoms with Crippen LogP contribution in [0.1, 0.15) is 310 Å². The number of ether oxygens (including phenoxy) is 1. The summed E-state index contributed by atoms with van der Waals surface area (Å²) in [6.07, 6.45) is 73.7. The lowest BCUT2D eigenvalue weighted by molar-refractivity contribution is -0.870. The number of phosphoric acid groups is 1. The topological polar surface area (TPSA) is 111 Å². The predicted molar refractivity (Wildman–Crippen MR) is 337 cm³/mol. The summed E-state index contributed by atoms with van der Waals surface area (Å²) < 4.78 is 30.7. The lowest BCUT2D eigenvalue weighted by atomic mass is 10.0. The molecule has 9 nitrogen and oxygen atoms in total. The molecule has 0 bridgehead atoms. The molecule has 0 rings (SSSR count). The Kier molecular flexibility index (Phi) is 56.2. The zero-order valence-electron chi connectivity index (χ0n) is 52.2. The third-order valence-corrected chi connectivity index (χ3v) is 15.7. The first-order valence-corrected chi connectivity index (χ1v) is 34.6. The van der Waals surface area contributed by atoms with Crippen molar-refractivity contribution in [3.63, 3.8) is 0 Å². The monoisotopic (exact) mass is 1120 g/mol. The number of quaternary nitrogens is 1. The number of carbonyl (C=O) groups excluding carboxylic acids is 2. The molecule has 1 amide bonds. The first-order valence-electron chi connectivity index (χ1n) is 33.1. The van der Waals surface area contributed by atoms with Gasteiger partial charge in [-0.2, -0.15) is 0 Å². The minimum atomic E-state index is -4.46. The van der Waals surface area contributed by atoms with Gasteiger partial charge in [-0.05, 0) is 76.7 Å². The number of hydrogen-bond donors (Lipinski definition) is 2. The second-order valence-corrected chi connectivity index (χ2v) is 25.1. The number of hydrogen-bond acceptors (Lipinski definition) is 6. The van der Waals surface area contributed by atoms with Crippen molar-refractivity contribution in [3.8, 4) is 0 Å². The molecule has 78 heavy (non-hydrogen) atoms. The highest BCUT2D eigenvalue weighted by atomic mass is 31.2. The first-order chi connectivity index (χ1) is 37.9. The molecule has 0 aliphatic carbocycles. The van der Waals surface area contributed by atoms with Crippen LogP contribution in [0.4, 0.5) is 0 Å². The second kappa shape index (κ2) is 57.9. The second-order valence-electron chi connectivity index (χ2n) is 23.6. The molecular weight excluding hydrogens is 988 g/mol. The highest BCUT2D eigenvalue weighted by molar-refractivity contribution is 7.47. The van der Waals surface area contributed by atoms with Crippen molar-refractivity contribution in [2.45, 2.75) is 322 Å². The summed E-state index contributed by atoms with van der Waals surface area (Å²) in [5, 5.41) is 3.05. The molecule has 3 atom stereocenters.